The van der Waals surface area contributed by atoms with Gasteiger partial charge in [-0.2, -0.15) is 0 Å². The molecule has 1 aromatic heterocycles. The van der Waals surface area contributed by atoms with Crippen LogP contribution in [0.4, 0.5) is 0 Å². The van der Waals surface area contributed by atoms with Crippen molar-refractivity contribution in [3.63, 3.8) is 0 Å². The molecule has 2 aromatic rings. The average Bonchev–Trinajstić information content (AvgIpc) is 2.27. The number of nitrogens with zero attached hydrogens (tertiary/aromatic N) is 1. The Hall–Kier alpha value is -1.32. The van der Waals surface area contributed by atoms with E-state index >= 15 is 0 Å². The van der Waals surface area contributed by atoms with Crippen molar-refractivity contribution in [2.24, 2.45) is 0 Å². The fourth-order valence-corrected chi connectivity index (χ4v) is 1.94. The van der Waals surface area contributed by atoms with Crippen LogP contribution in [-0.2, 0) is 4.74 Å². The predicted octanol–water partition coefficient (Wildman–Crippen LogP) is 3.33. The zero-order valence-corrected chi connectivity index (χ0v) is 9.84. The number of benzene rings is 1. The van der Waals surface area contributed by atoms with Gasteiger partial charge in [0.05, 0.1) is 12.7 Å². The van der Waals surface area contributed by atoms with E-state index in [0.29, 0.717) is 15.9 Å². The number of hydrogen-bond acceptors (Lipinski definition) is 3. The first-order chi connectivity index (χ1) is 7.61. The molecule has 0 radical (unpaired) electrons. The number of hydrogen-bond donors (Lipinski definition) is 0. The van der Waals surface area contributed by atoms with Crippen LogP contribution in [0.1, 0.15) is 10.4 Å². The Morgan fingerprint density at radius 1 is 1.31 bits per heavy atom. The summed E-state index contributed by atoms with van der Waals surface area (Å²) in [7, 11) is 1.33. The maximum atomic E-state index is 11.3. The second kappa shape index (κ2) is 4.28. The number of esters is 1. The molecule has 0 fully saturated rings. The molecule has 0 N–H and O–H groups in total. The van der Waals surface area contributed by atoms with Crippen molar-refractivity contribution in [2.75, 3.05) is 7.11 Å². The van der Waals surface area contributed by atoms with Crippen molar-refractivity contribution in [3.8, 4) is 0 Å². The molecule has 1 heterocycles. The highest BCUT2D eigenvalue weighted by atomic mass is 35.5. The Kier molecular flexibility index (Phi) is 2.99. The summed E-state index contributed by atoms with van der Waals surface area (Å²) in [5.41, 5.74) is 0.452. The van der Waals surface area contributed by atoms with Crippen molar-refractivity contribution >= 4 is 39.9 Å². The lowest BCUT2D eigenvalue weighted by Gasteiger charge is -2.03. The number of carbonyl (C=O) groups is 1. The van der Waals surface area contributed by atoms with Crippen molar-refractivity contribution in [2.45, 2.75) is 0 Å². The quantitative estimate of drug-likeness (QED) is 0.580. The van der Waals surface area contributed by atoms with E-state index in [1.54, 1.807) is 24.3 Å². The molecule has 82 valence electrons. The topological polar surface area (TPSA) is 39.2 Å². The van der Waals surface area contributed by atoms with Gasteiger partial charge in [-0.3, -0.25) is 0 Å². The number of aromatic nitrogens is 1. The molecule has 2 rings (SSSR count). The number of fused-ring (bicyclic) bond motifs is 1. The number of halogens is 2. The molecule has 0 aliphatic heterocycles. The van der Waals surface area contributed by atoms with Gasteiger partial charge in [-0.05, 0) is 23.6 Å². The lowest BCUT2D eigenvalue weighted by molar-refractivity contribution is 0.0601. The summed E-state index contributed by atoms with van der Waals surface area (Å²) >= 11 is 11.7. The van der Waals surface area contributed by atoms with E-state index in [1.165, 1.54) is 7.11 Å². The van der Waals surface area contributed by atoms with Gasteiger partial charge in [0, 0.05) is 5.39 Å². The molecular weight excluding hydrogens is 249 g/mol. The zero-order chi connectivity index (χ0) is 11.7. The monoisotopic (exact) mass is 255 g/mol. The third-order valence-electron chi connectivity index (χ3n) is 2.17. The van der Waals surface area contributed by atoms with Crippen molar-refractivity contribution in [1.29, 1.82) is 0 Å². The maximum Gasteiger partial charge on any atom is 0.337 e. The van der Waals surface area contributed by atoms with Crippen molar-refractivity contribution in [3.05, 3.63) is 40.1 Å². The van der Waals surface area contributed by atoms with E-state index in [9.17, 15) is 4.79 Å². The first-order valence-electron chi connectivity index (χ1n) is 4.46. The van der Waals surface area contributed by atoms with Gasteiger partial charge in [-0.1, -0.05) is 29.3 Å². The Morgan fingerprint density at radius 2 is 2.06 bits per heavy atom. The average molecular weight is 256 g/mol. The molecule has 0 amide bonds. The van der Waals surface area contributed by atoms with Crippen LogP contribution in [-0.4, -0.2) is 18.1 Å². The summed E-state index contributed by atoms with van der Waals surface area (Å²) < 4.78 is 4.63. The smallest absolute Gasteiger partial charge is 0.337 e. The van der Waals surface area contributed by atoms with E-state index in [0.717, 1.165) is 10.8 Å². The SMILES string of the molecule is COC(=O)c1ccc2c(Cl)nc(Cl)cc2c1. The molecule has 1 aromatic carbocycles. The van der Waals surface area contributed by atoms with E-state index in [-0.39, 0.29) is 0 Å². The minimum absolute atomic E-state index is 0.291. The molecule has 0 aliphatic rings. The Morgan fingerprint density at radius 3 is 2.75 bits per heavy atom. The van der Waals surface area contributed by atoms with Crippen molar-refractivity contribution in [1.82, 2.24) is 4.98 Å². The van der Waals surface area contributed by atoms with Crippen LogP contribution >= 0.6 is 23.2 Å². The summed E-state index contributed by atoms with van der Waals surface area (Å²) in [6, 6.07) is 6.67. The van der Waals surface area contributed by atoms with Gasteiger partial charge in [0.15, 0.2) is 0 Å². The number of pyridine rings is 1. The third-order valence-corrected chi connectivity index (χ3v) is 2.66. The van der Waals surface area contributed by atoms with Crippen LogP contribution < -0.4 is 0 Å². The summed E-state index contributed by atoms with van der Waals surface area (Å²) in [4.78, 5) is 15.2. The summed E-state index contributed by atoms with van der Waals surface area (Å²) in [5.74, 6) is -0.397. The van der Waals surface area contributed by atoms with Gasteiger partial charge in [0.2, 0.25) is 0 Å². The largest absolute Gasteiger partial charge is 0.465 e. The third kappa shape index (κ3) is 1.96. The minimum Gasteiger partial charge on any atom is -0.465 e. The second-order valence-electron chi connectivity index (χ2n) is 3.16. The molecule has 0 saturated heterocycles. The second-order valence-corrected chi connectivity index (χ2v) is 3.91. The van der Waals surface area contributed by atoms with Crippen LogP contribution in [0.2, 0.25) is 10.3 Å². The highest BCUT2D eigenvalue weighted by Gasteiger charge is 2.08. The molecule has 0 aliphatic carbocycles. The molecule has 0 spiro atoms. The maximum absolute atomic E-state index is 11.3. The van der Waals surface area contributed by atoms with E-state index < -0.39 is 5.97 Å². The molecule has 0 saturated carbocycles. The minimum atomic E-state index is -0.397. The van der Waals surface area contributed by atoms with Gasteiger partial charge >= 0.3 is 5.97 Å². The standard InChI is InChI=1S/C11H7Cl2NO2/c1-16-11(15)6-2-3-8-7(4-6)5-9(12)14-10(8)13/h2-5H,1H3. The Labute approximate surface area is 102 Å². The molecule has 0 bridgehead atoms. The van der Waals surface area contributed by atoms with Gasteiger partial charge in [-0.25, -0.2) is 9.78 Å². The first-order valence-corrected chi connectivity index (χ1v) is 5.21. The molecule has 16 heavy (non-hydrogen) atoms. The molecular formula is C11H7Cl2NO2. The van der Waals surface area contributed by atoms with E-state index in [2.05, 4.69) is 9.72 Å². The molecule has 5 heteroatoms. The van der Waals surface area contributed by atoms with Crippen LogP contribution in [0, 0.1) is 0 Å². The van der Waals surface area contributed by atoms with E-state index in [4.69, 9.17) is 23.2 Å². The fourth-order valence-electron chi connectivity index (χ4n) is 1.43. The highest BCUT2D eigenvalue weighted by Crippen LogP contribution is 2.25. The van der Waals surface area contributed by atoms with Gasteiger partial charge in [0.25, 0.3) is 0 Å². The number of methoxy groups -OCH3 is 1. The van der Waals surface area contributed by atoms with Crippen LogP contribution in [0.15, 0.2) is 24.3 Å². The summed E-state index contributed by atoms with van der Waals surface area (Å²) in [6.45, 7) is 0. The van der Waals surface area contributed by atoms with Gasteiger partial charge < -0.3 is 4.74 Å². The van der Waals surface area contributed by atoms with Crippen LogP contribution in [0.3, 0.4) is 0 Å². The normalized spacial score (nSPS) is 10.4. The van der Waals surface area contributed by atoms with Crippen molar-refractivity contribution < 1.29 is 9.53 Å². The lowest BCUT2D eigenvalue weighted by atomic mass is 10.1. The lowest BCUT2D eigenvalue weighted by Crippen LogP contribution is -2.00. The molecule has 0 atom stereocenters. The number of carbonyl (C=O) groups excluding carboxylic acids is 1. The Balaban J connectivity index is 2.66. The Bertz CT molecular complexity index is 569. The molecule has 0 unspecified atom stereocenters. The number of rotatable bonds is 1. The summed E-state index contributed by atoms with van der Waals surface area (Å²) in [6.07, 6.45) is 0. The highest BCUT2D eigenvalue weighted by molar-refractivity contribution is 6.36. The number of ether oxygens (including phenoxy) is 1. The van der Waals surface area contributed by atoms with Gasteiger partial charge in [-0.15, -0.1) is 0 Å². The zero-order valence-electron chi connectivity index (χ0n) is 8.33. The van der Waals surface area contributed by atoms with Gasteiger partial charge in [0.1, 0.15) is 10.3 Å². The van der Waals surface area contributed by atoms with Crippen LogP contribution in [0.25, 0.3) is 10.8 Å². The molecule has 3 nitrogen and oxygen atoms in total. The fraction of sp³-hybridized carbons (Fsp3) is 0.0909. The first kappa shape index (κ1) is 11.2. The summed E-state index contributed by atoms with van der Waals surface area (Å²) in [5, 5.41) is 2.12. The predicted molar refractivity (Wildman–Crippen MR) is 63.1 cm³/mol. The van der Waals surface area contributed by atoms with E-state index in [1.807, 2.05) is 0 Å². The van der Waals surface area contributed by atoms with Crippen LogP contribution in [0.5, 0.6) is 0 Å².